The van der Waals surface area contributed by atoms with Gasteiger partial charge in [-0.25, -0.2) is 4.79 Å². The van der Waals surface area contributed by atoms with Crippen molar-refractivity contribution in [2.75, 3.05) is 18.2 Å². The highest BCUT2D eigenvalue weighted by Gasteiger charge is 2.27. The molecule has 4 nitrogen and oxygen atoms in total. The Bertz CT molecular complexity index is 250. The van der Waals surface area contributed by atoms with Crippen LogP contribution in [0.3, 0.4) is 0 Å². The number of imide groups is 1. The summed E-state index contributed by atoms with van der Waals surface area (Å²) in [5, 5.41) is 4.02. The Labute approximate surface area is 99.3 Å². The molecule has 0 saturated carbocycles. The maximum Gasteiger partial charge on any atom is 0.441 e. The van der Waals surface area contributed by atoms with Crippen LogP contribution in [-0.2, 0) is 4.79 Å². The second kappa shape index (κ2) is 7.61. The van der Waals surface area contributed by atoms with Crippen LogP contribution in [0.1, 0.15) is 6.42 Å². The Balaban J connectivity index is 3.55. The monoisotopic (exact) mass is 278 g/mol. The number of halogens is 4. The molecule has 0 saturated heterocycles. The van der Waals surface area contributed by atoms with Gasteiger partial charge in [-0.15, -0.1) is 11.6 Å². The molecule has 0 aliphatic heterocycles. The lowest BCUT2D eigenvalue weighted by Gasteiger charge is -2.07. The fourth-order valence-corrected chi connectivity index (χ4v) is 1.26. The van der Waals surface area contributed by atoms with Crippen molar-refractivity contribution in [2.45, 2.75) is 11.9 Å². The van der Waals surface area contributed by atoms with Gasteiger partial charge in [0.2, 0.25) is 5.91 Å². The molecular formula is C7H10ClF3N2O2S. The van der Waals surface area contributed by atoms with Crippen LogP contribution in [0.4, 0.5) is 18.0 Å². The first-order chi connectivity index (χ1) is 7.35. The topological polar surface area (TPSA) is 58.2 Å². The van der Waals surface area contributed by atoms with E-state index in [4.69, 9.17) is 11.6 Å². The molecule has 0 atom stereocenters. The first kappa shape index (κ1) is 15.4. The van der Waals surface area contributed by atoms with E-state index in [2.05, 4.69) is 5.32 Å². The van der Waals surface area contributed by atoms with Crippen molar-refractivity contribution in [1.29, 1.82) is 0 Å². The van der Waals surface area contributed by atoms with E-state index in [1.165, 1.54) is 0 Å². The second-order valence-electron chi connectivity index (χ2n) is 2.54. The van der Waals surface area contributed by atoms with Crippen molar-refractivity contribution >= 4 is 35.3 Å². The van der Waals surface area contributed by atoms with Crippen LogP contribution < -0.4 is 10.6 Å². The zero-order valence-electron chi connectivity index (χ0n) is 8.07. The Morgan fingerprint density at radius 2 is 1.94 bits per heavy atom. The van der Waals surface area contributed by atoms with E-state index in [1.54, 1.807) is 0 Å². The number of hydrogen-bond donors (Lipinski definition) is 2. The molecule has 0 heterocycles. The van der Waals surface area contributed by atoms with Gasteiger partial charge in [-0.2, -0.15) is 13.2 Å². The minimum atomic E-state index is -4.31. The summed E-state index contributed by atoms with van der Waals surface area (Å²) in [6, 6.07) is -0.821. The van der Waals surface area contributed by atoms with Gasteiger partial charge in [0.1, 0.15) is 0 Å². The van der Waals surface area contributed by atoms with Gasteiger partial charge in [0.15, 0.2) is 0 Å². The van der Waals surface area contributed by atoms with Gasteiger partial charge in [0, 0.05) is 24.6 Å². The van der Waals surface area contributed by atoms with E-state index in [0.29, 0.717) is 0 Å². The van der Waals surface area contributed by atoms with Crippen LogP contribution in [0, 0.1) is 0 Å². The highest BCUT2D eigenvalue weighted by molar-refractivity contribution is 8.00. The molecule has 0 aromatic carbocycles. The summed E-state index contributed by atoms with van der Waals surface area (Å²) in [7, 11) is 0. The largest absolute Gasteiger partial charge is 0.441 e. The molecule has 0 aliphatic carbocycles. The van der Waals surface area contributed by atoms with Gasteiger partial charge in [0.25, 0.3) is 0 Å². The average molecular weight is 279 g/mol. The Morgan fingerprint density at radius 3 is 2.44 bits per heavy atom. The highest BCUT2D eigenvalue weighted by Crippen LogP contribution is 2.29. The Morgan fingerprint density at radius 1 is 1.31 bits per heavy atom. The maximum absolute atomic E-state index is 11.7. The van der Waals surface area contributed by atoms with Crippen LogP contribution in [-0.4, -0.2) is 35.6 Å². The van der Waals surface area contributed by atoms with Gasteiger partial charge in [-0.05, 0) is 11.8 Å². The summed E-state index contributed by atoms with van der Waals surface area (Å²) in [5.41, 5.74) is -4.31. The number of rotatable bonds is 5. The molecule has 9 heteroatoms. The molecule has 0 spiro atoms. The number of alkyl halides is 4. The number of hydrogen-bond acceptors (Lipinski definition) is 3. The molecule has 0 aromatic heterocycles. The maximum atomic E-state index is 11.7. The van der Waals surface area contributed by atoms with E-state index in [-0.39, 0.29) is 36.4 Å². The molecule has 94 valence electrons. The quantitative estimate of drug-likeness (QED) is 0.594. The molecule has 0 unspecified atom stereocenters. The lowest BCUT2D eigenvalue weighted by molar-refractivity contribution is -0.119. The van der Waals surface area contributed by atoms with Crippen LogP contribution in [0.15, 0.2) is 0 Å². The molecule has 0 fully saturated rings. The van der Waals surface area contributed by atoms with Crippen LogP contribution in [0.25, 0.3) is 0 Å². The summed E-state index contributed by atoms with van der Waals surface area (Å²) < 4.78 is 35.0. The Hall–Kier alpha value is -0.630. The summed E-state index contributed by atoms with van der Waals surface area (Å²) in [6.07, 6.45) is -0.0216. The predicted molar refractivity (Wildman–Crippen MR) is 55.4 cm³/mol. The van der Waals surface area contributed by atoms with Gasteiger partial charge < -0.3 is 5.32 Å². The fraction of sp³-hybridized carbons (Fsp3) is 0.714. The first-order valence-electron chi connectivity index (χ1n) is 4.19. The van der Waals surface area contributed by atoms with Crippen LogP contribution >= 0.6 is 23.4 Å². The van der Waals surface area contributed by atoms with Crippen molar-refractivity contribution < 1.29 is 22.8 Å². The summed E-state index contributed by atoms with van der Waals surface area (Å²) in [5.74, 6) is -0.806. The molecule has 0 radical (unpaired) electrons. The summed E-state index contributed by atoms with van der Waals surface area (Å²) in [4.78, 5) is 21.7. The molecule has 16 heavy (non-hydrogen) atoms. The average Bonchev–Trinajstić information content (AvgIpc) is 2.11. The van der Waals surface area contributed by atoms with E-state index < -0.39 is 17.4 Å². The third-order valence-electron chi connectivity index (χ3n) is 1.23. The smallest absolute Gasteiger partial charge is 0.337 e. The van der Waals surface area contributed by atoms with Crippen LogP contribution in [0.5, 0.6) is 0 Å². The zero-order valence-corrected chi connectivity index (χ0v) is 9.64. The van der Waals surface area contributed by atoms with E-state index in [0.717, 1.165) is 0 Å². The number of amides is 3. The second-order valence-corrected chi connectivity index (χ2v) is 4.08. The first-order valence-corrected chi connectivity index (χ1v) is 5.71. The van der Waals surface area contributed by atoms with Gasteiger partial charge in [0.05, 0.1) is 0 Å². The number of carbonyl (C=O) groups is 2. The lowest BCUT2D eigenvalue weighted by Crippen LogP contribution is -2.40. The lowest BCUT2D eigenvalue weighted by atomic mass is 10.4. The minimum absolute atomic E-state index is 0.0216. The minimum Gasteiger partial charge on any atom is -0.337 e. The van der Waals surface area contributed by atoms with Gasteiger partial charge >= 0.3 is 11.5 Å². The van der Waals surface area contributed by atoms with Crippen molar-refractivity contribution in [3.8, 4) is 0 Å². The van der Waals surface area contributed by atoms with Crippen molar-refractivity contribution in [3.05, 3.63) is 0 Å². The van der Waals surface area contributed by atoms with E-state index in [1.807, 2.05) is 5.32 Å². The van der Waals surface area contributed by atoms with E-state index >= 15 is 0 Å². The van der Waals surface area contributed by atoms with E-state index in [9.17, 15) is 22.8 Å². The number of thioether (sulfide) groups is 1. The zero-order chi connectivity index (χ0) is 12.6. The van der Waals surface area contributed by atoms with Gasteiger partial charge in [-0.3, -0.25) is 10.1 Å². The summed E-state index contributed by atoms with van der Waals surface area (Å²) >= 11 is 4.99. The van der Waals surface area contributed by atoms with Gasteiger partial charge in [-0.1, -0.05) is 0 Å². The number of nitrogens with one attached hydrogen (secondary N) is 2. The van der Waals surface area contributed by atoms with Crippen molar-refractivity contribution in [3.63, 3.8) is 0 Å². The molecule has 0 aromatic rings. The normalized spacial score (nSPS) is 11.0. The standard InChI is InChI=1S/C7H10ClF3N2O2S/c8-2-1-5(14)13-6(15)12-3-4-16-7(9,10)11/h1-4H2,(H2,12,13,14,15). The number of urea groups is 1. The predicted octanol–water partition coefficient (Wildman–Crippen LogP) is 1.69. The van der Waals surface area contributed by atoms with Crippen LogP contribution in [0.2, 0.25) is 0 Å². The summed E-state index contributed by atoms with van der Waals surface area (Å²) in [6.45, 7) is -0.176. The molecular weight excluding hydrogens is 269 g/mol. The molecule has 3 amide bonds. The molecule has 0 bridgehead atoms. The Kier molecular flexibility index (Phi) is 7.31. The molecule has 0 aliphatic rings. The molecule has 2 N–H and O–H groups in total. The third-order valence-corrected chi connectivity index (χ3v) is 2.15. The third kappa shape index (κ3) is 9.91. The highest BCUT2D eigenvalue weighted by atomic mass is 35.5. The fourth-order valence-electron chi connectivity index (χ4n) is 0.650. The molecule has 0 rings (SSSR count). The van der Waals surface area contributed by atoms with Crippen molar-refractivity contribution in [1.82, 2.24) is 10.6 Å². The number of carbonyl (C=O) groups excluding carboxylic acids is 2. The SMILES string of the molecule is O=C(CCCl)NC(=O)NCCSC(F)(F)F. The van der Waals surface area contributed by atoms with Crippen molar-refractivity contribution in [2.24, 2.45) is 0 Å².